The van der Waals surface area contributed by atoms with Gasteiger partial charge in [-0.05, 0) is 44.9 Å². The number of amides is 1. The predicted molar refractivity (Wildman–Crippen MR) is 97.5 cm³/mol. The van der Waals surface area contributed by atoms with Crippen LogP contribution in [0.15, 0.2) is 27.6 Å². The van der Waals surface area contributed by atoms with Crippen molar-refractivity contribution in [3.63, 3.8) is 0 Å². The van der Waals surface area contributed by atoms with E-state index < -0.39 is 21.8 Å². The number of sulfonamides is 1. The number of hydrogen-bond donors (Lipinski definition) is 1. The third-order valence-electron chi connectivity index (χ3n) is 4.51. The molecule has 1 aromatic carbocycles. The Morgan fingerprint density at radius 1 is 1.41 bits per heavy atom. The zero-order valence-electron chi connectivity index (χ0n) is 14.8. The topological polar surface area (TPSA) is 92.5 Å². The SMILES string of the molecule is Cc1noc(C)c1S(=O)(=O)N1CCC[C@@H](C(=O)Nc2ccc(F)c(Cl)c2)C1. The first-order chi connectivity index (χ1) is 12.7. The average molecular weight is 416 g/mol. The Hall–Kier alpha value is -1.97. The quantitative estimate of drug-likeness (QED) is 0.828. The van der Waals surface area contributed by atoms with Crippen LogP contribution in [0.4, 0.5) is 10.1 Å². The lowest BCUT2D eigenvalue weighted by molar-refractivity contribution is -0.120. The number of carbonyl (C=O) groups is 1. The van der Waals surface area contributed by atoms with Crippen molar-refractivity contribution >= 4 is 33.2 Å². The number of rotatable bonds is 4. The van der Waals surface area contributed by atoms with Gasteiger partial charge in [-0.1, -0.05) is 16.8 Å². The number of aryl methyl sites for hydroxylation is 2. The molecule has 0 radical (unpaired) electrons. The molecule has 0 spiro atoms. The summed E-state index contributed by atoms with van der Waals surface area (Å²) in [7, 11) is -3.81. The fourth-order valence-corrected chi connectivity index (χ4v) is 5.16. The number of anilines is 1. The molecule has 1 aliphatic rings. The fourth-order valence-electron chi connectivity index (χ4n) is 3.16. The molecule has 2 aromatic rings. The minimum atomic E-state index is -3.81. The van der Waals surface area contributed by atoms with Crippen molar-refractivity contribution in [2.45, 2.75) is 31.6 Å². The van der Waals surface area contributed by atoms with E-state index in [0.717, 1.165) is 6.07 Å². The lowest BCUT2D eigenvalue weighted by atomic mass is 9.99. The predicted octanol–water partition coefficient (Wildman–Crippen LogP) is 3.12. The largest absolute Gasteiger partial charge is 0.360 e. The van der Waals surface area contributed by atoms with E-state index in [1.807, 2.05) is 0 Å². The average Bonchev–Trinajstić information content (AvgIpc) is 2.97. The highest BCUT2D eigenvalue weighted by Gasteiger charge is 2.36. The molecule has 1 saturated heterocycles. The van der Waals surface area contributed by atoms with E-state index in [0.29, 0.717) is 30.8 Å². The number of nitrogens with one attached hydrogen (secondary N) is 1. The summed E-state index contributed by atoms with van der Waals surface area (Å²) in [6, 6.07) is 3.88. The van der Waals surface area contributed by atoms with Gasteiger partial charge in [-0.3, -0.25) is 4.79 Å². The molecule has 1 aromatic heterocycles. The summed E-state index contributed by atoms with van der Waals surface area (Å²) in [5.41, 5.74) is 0.650. The normalized spacial score (nSPS) is 18.4. The maximum absolute atomic E-state index is 13.2. The number of carbonyl (C=O) groups excluding carboxylic acids is 1. The van der Waals surface area contributed by atoms with E-state index in [2.05, 4.69) is 10.5 Å². The van der Waals surface area contributed by atoms with Crippen LogP contribution in [0.3, 0.4) is 0 Å². The number of nitrogens with zero attached hydrogens (tertiary/aromatic N) is 2. The summed E-state index contributed by atoms with van der Waals surface area (Å²) in [6.45, 7) is 3.47. The Labute approximate surface area is 161 Å². The molecule has 1 atom stereocenters. The second kappa shape index (κ2) is 7.57. The first-order valence-corrected chi connectivity index (χ1v) is 10.2. The number of halogens is 2. The molecular formula is C17H19ClFN3O4S. The molecule has 1 N–H and O–H groups in total. The van der Waals surface area contributed by atoms with Gasteiger partial charge < -0.3 is 9.84 Å². The van der Waals surface area contributed by atoms with Crippen LogP contribution in [0.2, 0.25) is 5.02 Å². The van der Waals surface area contributed by atoms with Crippen molar-refractivity contribution in [3.05, 3.63) is 40.5 Å². The van der Waals surface area contributed by atoms with Gasteiger partial charge in [0.05, 0.1) is 10.9 Å². The molecule has 10 heteroatoms. The Bertz CT molecular complexity index is 957. The molecule has 1 fully saturated rings. The van der Waals surface area contributed by atoms with Crippen LogP contribution in [-0.2, 0) is 14.8 Å². The Balaban J connectivity index is 1.75. The van der Waals surface area contributed by atoms with Gasteiger partial charge in [0.2, 0.25) is 15.9 Å². The molecule has 0 aliphatic carbocycles. The molecule has 7 nitrogen and oxygen atoms in total. The Kier molecular flexibility index (Phi) is 5.55. The number of benzene rings is 1. The van der Waals surface area contributed by atoms with Crippen LogP contribution in [0.5, 0.6) is 0 Å². The molecule has 146 valence electrons. The highest BCUT2D eigenvalue weighted by molar-refractivity contribution is 7.89. The van der Waals surface area contributed by atoms with Crippen LogP contribution in [-0.4, -0.2) is 36.9 Å². The van der Waals surface area contributed by atoms with Gasteiger partial charge in [0, 0.05) is 18.8 Å². The lowest BCUT2D eigenvalue weighted by Crippen LogP contribution is -2.43. The van der Waals surface area contributed by atoms with Gasteiger partial charge >= 0.3 is 0 Å². The summed E-state index contributed by atoms with van der Waals surface area (Å²) in [6.07, 6.45) is 1.10. The number of aromatic nitrogens is 1. The van der Waals surface area contributed by atoms with Crippen LogP contribution in [0, 0.1) is 25.6 Å². The second-order valence-electron chi connectivity index (χ2n) is 6.47. The van der Waals surface area contributed by atoms with Crippen LogP contribution in [0.1, 0.15) is 24.3 Å². The summed E-state index contributed by atoms with van der Waals surface area (Å²) >= 11 is 5.72. The molecule has 1 amide bonds. The third-order valence-corrected chi connectivity index (χ3v) is 6.91. The van der Waals surface area contributed by atoms with Gasteiger partial charge in [0.1, 0.15) is 16.4 Å². The molecule has 0 bridgehead atoms. The summed E-state index contributed by atoms with van der Waals surface area (Å²) in [4.78, 5) is 12.6. The Morgan fingerprint density at radius 3 is 2.78 bits per heavy atom. The van der Waals surface area contributed by atoms with Gasteiger partial charge in [0.25, 0.3) is 0 Å². The van der Waals surface area contributed by atoms with E-state index >= 15 is 0 Å². The zero-order valence-corrected chi connectivity index (χ0v) is 16.4. The van der Waals surface area contributed by atoms with Crippen molar-refractivity contribution in [2.24, 2.45) is 5.92 Å². The van der Waals surface area contributed by atoms with E-state index in [9.17, 15) is 17.6 Å². The zero-order chi connectivity index (χ0) is 19.8. The fraction of sp³-hybridized carbons (Fsp3) is 0.412. The molecule has 3 rings (SSSR count). The molecular weight excluding hydrogens is 397 g/mol. The van der Waals surface area contributed by atoms with E-state index in [1.165, 1.54) is 16.4 Å². The second-order valence-corrected chi connectivity index (χ2v) is 8.76. The summed E-state index contributed by atoms with van der Waals surface area (Å²) < 4.78 is 45.4. The van der Waals surface area contributed by atoms with Crippen LogP contribution >= 0.6 is 11.6 Å². The minimum absolute atomic E-state index is 0.0488. The molecule has 1 aliphatic heterocycles. The van der Waals surface area contributed by atoms with Crippen LogP contribution in [0.25, 0.3) is 0 Å². The first-order valence-electron chi connectivity index (χ1n) is 8.39. The maximum atomic E-state index is 13.2. The van der Waals surface area contributed by atoms with Gasteiger partial charge in [-0.2, -0.15) is 4.31 Å². The summed E-state index contributed by atoms with van der Waals surface area (Å²) in [5.74, 6) is -1.22. The van der Waals surface area contributed by atoms with Crippen molar-refractivity contribution < 1.29 is 22.1 Å². The maximum Gasteiger partial charge on any atom is 0.248 e. The molecule has 2 heterocycles. The highest BCUT2D eigenvalue weighted by atomic mass is 35.5. The van der Waals surface area contributed by atoms with Crippen molar-refractivity contribution in [2.75, 3.05) is 18.4 Å². The lowest BCUT2D eigenvalue weighted by Gasteiger charge is -2.31. The number of piperidine rings is 1. The van der Waals surface area contributed by atoms with Crippen LogP contribution < -0.4 is 5.32 Å². The highest BCUT2D eigenvalue weighted by Crippen LogP contribution is 2.28. The minimum Gasteiger partial charge on any atom is -0.360 e. The molecule has 0 saturated carbocycles. The van der Waals surface area contributed by atoms with E-state index in [1.54, 1.807) is 13.8 Å². The number of hydrogen-bond acceptors (Lipinski definition) is 5. The van der Waals surface area contributed by atoms with Crippen molar-refractivity contribution in [3.8, 4) is 0 Å². The van der Waals surface area contributed by atoms with E-state index in [4.69, 9.17) is 16.1 Å². The van der Waals surface area contributed by atoms with Gasteiger partial charge in [0.15, 0.2) is 5.76 Å². The van der Waals surface area contributed by atoms with Crippen molar-refractivity contribution in [1.29, 1.82) is 0 Å². The van der Waals surface area contributed by atoms with Gasteiger partial charge in [-0.25, -0.2) is 12.8 Å². The summed E-state index contributed by atoms with van der Waals surface area (Å²) in [5, 5.41) is 6.27. The van der Waals surface area contributed by atoms with E-state index in [-0.39, 0.29) is 28.1 Å². The Morgan fingerprint density at radius 2 is 2.15 bits per heavy atom. The van der Waals surface area contributed by atoms with Gasteiger partial charge in [-0.15, -0.1) is 0 Å². The molecule has 27 heavy (non-hydrogen) atoms. The third kappa shape index (κ3) is 3.99. The standard InChI is InChI=1S/C17H19ClFN3O4S/c1-10-16(11(2)26-21-10)27(24,25)22-7-3-4-12(9-22)17(23)20-13-5-6-15(19)14(18)8-13/h5-6,8,12H,3-4,7,9H2,1-2H3,(H,20,23)/t12-/m1/s1. The molecule has 0 unspecified atom stereocenters. The monoisotopic (exact) mass is 415 g/mol. The first kappa shape index (κ1) is 19.8. The smallest absolute Gasteiger partial charge is 0.248 e. The van der Waals surface area contributed by atoms with Crippen molar-refractivity contribution in [1.82, 2.24) is 9.46 Å².